The smallest absolute Gasteiger partial charge is 0.410 e. The van der Waals surface area contributed by atoms with E-state index in [2.05, 4.69) is 40.8 Å². The van der Waals surface area contributed by atoms with Gasteiger partial charge in [0, 0.05) is 44.7 Å². The number of nitrogens with one attached hydrogen (secondary N) is 1. The highest BCUT2D eigenvalue weighted by Gasteiger charge is 2.45. The molecule has 0 radical (unpaired) electrons. The molecule has 3 aromatic rings. The van der Waals surface area contributed by atoms with Crippen LogP contribution in [0.15, 0.2) is 54.6 Å². The lowest BCUT2D eigenvalue weighted by atomic mass is 9.88. The van der Waals surface area contributed by atoms with Crippen molar-refractivity contribution in [2.75, 3.05) is 20.2 Å². The summed E-state index contributed by atoms with van der Waals surface area (Å²) in [5.74, 6) is -1.97. The number of ether oxygens (including phenoxy) is 2. The number of hydrogen-bond donors (Lipinski definition) is 1. The van der Waals surface area contributed by atoms with Crippen LogP contribution in [0.5, 0.6) is 0 Å². The minimum absolute atomic E-state index is 0.0178. The summed E-state index contributed by atoms with van der Waals surface area (Å²) in [4.78, 5) is 70.3. The van der Waals surface area contributed by atoms with Crippen molar-refractivity contribution in [3.8, 4) is 0 Å². The van der Waals surface area contributed by atoms with Crippen molar-refractivity contribution in [1.82, 2.24) is 35.3 Å². The summed E-state index contributed by atoms with van der Waals surface area (Å²) < 4.78 is 12.7. The number of likely N-dealkylation sites (tertiary alicyclic amines) is 1. The molecule has 56 heavy (non-hydrogen) atoms. The number of aryl methyl sites for hydroxylation is 1. The van der Waals surface area contributed by atoms with E-state index >= 15 is 0 Å². The second-order valence-electron chi connectivity index (χ2n) is 16.2. The Hall–Kier alpha value is -5.14. The van der Waals surface area contributed by atoms with E-state index in [-0.39, 0.29) is 37.0 Å². The number of hydrogen-bond acceptors (Lipinski definition) is 10. The fourth-order valence-electron chi connectivity index (χ4n) is 7.66. The summed E-state index contributed by atoms with van der Waals surface area (Å²) in [5.41, 5.74) is 2.88. The Labute approximate surface area is 329 Å². The van der Waals surface area contributed by atoms with Gasteiger partial charge in [-0.05, 0) is 72.1 Å². The number of ketones is 1. The summed E-state index contributed by atoms with van der Waals surface area (Å²) in [6.07, 6.45) is 1.78. The average Bonchev–Trinajstić information content (AvgIpc) is 3.85. The number of esters is 1. The van der Waals surface area contributed by atoms with E-state index < -0.39 is 53.5 Å². The SMILES string of the molecule is COC(=O)[C@@H]1CC(OC(=O)N2CCc3ccccc3C2)CN1C(=O)[C@@H](NC(=O)[C@@H](CC(=O)CCCCc1nnnn1C(C)(C)c1ccccc1)C(C)C)C(C)C. The van der Waals surface area contributed by atoms with Gasteiger partial charge in [-0.15, -0.1) is 5.10 Å². The number of aromatic nitrogens is 4. The van der Waals surface area contributed by atoms with Gasteiger partial charge in [0.1, 0.15) is 24.0 Å². The monoisotopic (exact) mass is 771 g/mol. The van der Waals surface area contributed by atoms with Crippen LogP contribution in [0, 0.1) is 17.8 Å². The van der Waals surface area contributed by atoms with Gasteiger partial charge in [0.2, 0.25) is 11.8 Å². The van der Waals surface area contributed by atoms with E-state index in [4.69, 9.17) is 9.47 Å². The molecule has 14 heteroatoms. The maximum atomic E-state index is 14.1. The Kier molecular flexibility index (Phi) is 14.0. The minimum Gasteiger partial charge on any atom is -0.467 e. The van der Waals surface area contributed by atoms with Crippen molar-refractivity contribution in [3.05, 3.63) is 77.1 Å². The summed E-state index contributed by atoms with van der Waals surface area (Å²) in [7, 11) is 1.25. The maximum absolute atomic E-state index is 14.1. The minimum atomic E-state index is -0.984. The standard InChI is InChI=1S/C42H57N7O7/c1-27(2)34(23-32(50)19-13-14-20-36-44-45-46-49(36)42(5,6)31-17-9-8-10-18-31)38(51)43-37(28(3)4)39(52)48-26-33(24-35(48)40(53)55-7)56-41(54)47-22-21-29-15-11-12-16-30(29)25-47/h8-12,15-18,27-28,33-35,37H,13-14,19-26H2,1-7H3,(H,43,51)/t33?,34-,35-,37-/m0/s1. The van der Waals surface area contributed by atoms with Gasteiger partial charge in [0.25, 0.3) is 0 Å². The van der Waals surface area contributed by atoms with Crippen LogP contribution in [0.1, 0.15) is 96.2 Å². The predicted octanol–water partition coefficient (Wildman–Crippen LogP) is 4.88. The maximum Gasteiger partial charge on any atom is 0.410 e. The Bertz CT molecular complexity index is 1840. The molecule has 1 unspecified atom stereocenters. The topological polar surface area (TPSA) is 166 Å². The van der Waals surface area contributed by atoms with Crippen molar-refractivity contribution >= 4 is 29.7 Å². The molecule has 4 atom stereocenters. The van der Waals surface area contributed by atoms with Crippen LogP contribution in [0.25, 0.3) is 0 Å². The zero-order valence-corrected chi connectivity index (χ0v) is 33.8. The molecule has 0 spiro atoms. The Morgan fingerprint density at radius 2 is 1.62 bits per heavy atom. The molecule has 2 aliphatic heterocycles. The van der Waals surface area contributed by atoms with Crippen molar-refractivity contribution < 1.29 is 33.4 Å². The fourth-order valence-corrected chi connectivity index (χ4v) is 7.66. The first kappa shape index (κ1) is 42.0. The number of carbonyl (C=O) groups is 5. The number of methoxy groups -OCH3 is 1. The number of unbranched alkanes of at least 4 members (excludes halogenated alkanes) is 1. The molecule has 3 heterocycles. The van der Waals surface area contributed by atoms with Gasteiger partial charge in [0.05, 0.1) is 19.2 Å². The van der Waals surface area contributed by atoms with E-state index in [1.165, 1.54) is 17.6 Å². The van der Waals surface area contributed by atoms with Crippen LogP contribution in [0.4, 0.5) is 4.79 Å². The van der Waals surface area contributed by atoms with Crippen LogP contribution < -0.4 is 5.32 Å². The van der Waals surface area contributed by atoms with Crippen LogP contribution in [0.2, 0.25) is 0 Å². The van der Waals surface area contributed by atoms with E-state index in [9.17, 15) is 24.0 Å². The third kappa shape index (κ3) is 9.99. The average molecular weight is 772 g/mol. The number of Topliss-reactive ketones (excluding diaryl/α,β-unsaturated/α-hetero) is 1. The number of rotatable bonds is 16. The third-order valence-corrected chi connectivity index (χ3v) is 11.1. The van der Waals surface area contributed by atoms with Crippen LogP contribution in [0.3, 0.4) is 0 Å². The van der Waals surface area contributed by atoms with Crippen LogP contribution >= 0.6 is 0 Å². The first-order valence-electron chi connectivity index (χ1n) is 19.8. The van der Waals surface area contributed by atoms with Gasteiger partial charge >= 0.3 is 12.1 Å². The highest BCUT2D eigenvalue weighted by Crippen LogP contribution is 2.28. The molecule has 14 nitrogen and oxygen atoms in total. The van der Waals surface area contributed by atoms with E-state index in [1.54, 1.807) is 4.90 Å². The molecule has 2 aromatic carbocycles. The molecule has 5 rings (SSSR count). The van der Waals surface area contributed by atoms with Crippen molar-refractivity contribution in [2.45, 2.75) is 117 Å². The summed E-state index contributed by atoms with van der Waals surface area (Å²) in [6, 6.07) is 16.0. The lowest BCUT2D eigenvalue weighted by molar-refractivity contribution is -0.152. The first-order valence-corrected chi connectivity index (χ1v) is 19.8. The molecule has 1 saturated heterocycles. The lowest BCUT2D eigenvalue weighted by Gasteiger charge is -2.31. The largest absolute Gasteiger partial charge is 0.467 e. The molecule has 0 bridgehead atoms. The molecule has 0 aliphatic carbocycles. The third-order valence-electron chi connectivity index (χ3n) is 11.1. The number of benzene rings is 2. The molecular formula is C42H57N7O7. The molecular weight excluding hydrogens is 715 g/mol. The Morgan fingerprint density at radius 1 is 0.929 bits per heavy atom. The van der Waals surface area contributed by atoms with Gasteiger partial charge in [-0.25, -0.2) is 14.3 Å². The number of tetrazole rings is 1. The highest BCUT2D eigenvalue weighted by molar-refractivity contribution is 5.93. The van der Waals surface area contributed by atoms with Gasteiger partial charge in [0.15, 0.2) is 5.82 Å². The number of amides is 3. The van der Waals surface area contributed by atoms with Crippen molar-refractivity contribution in [2.24, 2.45) is 17.8 Å². The van der Waals surface area contributed by atoms with Crippen molar-refractivity contribution in [3.63, 3.8) is 0 Å². The van der Waals surface area contributed by atoms with E-state index in [1.807, 2.05) is 80.9 Å². The van der Waals surface area contributed by atoms with E-state index in [0.29, 0.717) is 45.2 Å². The van der Waals surface area contributed by atoms with Gasteiger partial charge in [-0.1, -0.05) is 82.3 Å². The zero-order chi connectivity index (χ0) is 40.6. The second-order valence-corrected chi connectivity index (χ2v) is 16.2. The number of nitrogens with zero attached hydrogens (tertiary/aromatic N) is 6. The summed E-state index contributed by atoms with van der Waals surface area (Å²) >= 11 is 0. The Morgan fingerprint density at radius 3 is 2.30 bits per heavy atom. The van der Waals surface area contributed by atoms with Crippen LogP contribution in [-0.2, 0) is 53.6 Å². The summed E-state index contributed by atoms with van der Waals surface area (Å²) in [6.45, 7) is 12.4. The van der Waals surface area contributed by atoms with E-state index in [0.717, 1.165) is 17.0 Å². The molecule has 3 amide bonds. The first-order chi connectivity index (χ1) is 26.7. The molecule has 1 aromatic heterocycles. The molecule has 2 aliphatic rings. The van der Waals surface area contributed by atoms with Crippen LogP contribution in [-0.4, -0.2) is 98.1 Å². The fraction of sp³-hybridized carbons (Fsp3) is 0.571. The number of carbonyl (C=O) groups excluding carboxylic acids is 5. The zero-order valence-electron chi connectivity index (χ0n) is 33.8. The highest BCUT2D eigenvalue weighted by atomic mass is 16.6. The normalized spacial score (nSPS) is 18.0. The summed E-state index contributed by atoms with van der Waals surface area (Å²) in [5, 5.41) is 15.3. The Balaban J connectivity index is 1.15. The molecule has 0 saturated carbocycles. The van der Waals surface area contributed by atoms with Gasteiger partial charge < -0.3 is 24.6 Å². The molecule has 1 N–H and O–H groups in total. The second kappa shape index (κ2) is 18.7. The van der Waals surface area contributed by atoms with Crippen molar-refractivity contribution in [1.29, 1.82) is 0 Å². The molecule has 302 valence electrons. The van der Waals surface area contributed by atoms with Gasteiger partial charge in [-0.2, -0.15) is 0 Å². The predicted molar refractivity (Wildman–Crippen MR) is 208 cm³/mol. The van der Waals surface area contributed by atoms with Gasteiger partial charge in [-0.3, -0.25) is 14.4 Å². The molecule has 1 fully saturated rings. The number of fused-ring (bicyclic) bond motifs is 1. The quantitative estimate of drug-likeness (QED) is 0.157. The lowest BCUT2D eigenvalue weighted by Crippen LogP contribution is -2.55.